The number of allylic oxidation sites excluding steroid dienone is 1. The molecule has 2 N–H and O–H groups in total. The van der Waals surface area contributed by atoms with E-state index in [0.717, 1.165) is 16.8 Å². The molecule has 3 saturated carbocycles. The van der Waals surface area contributed by atoms with E-state index in [9.17, 15) is 19.4 Å². The largest absolute Gasteiger partial charge is 0.390 e. The van der Waals surface area contributed by atoms with E-state index in [1.54, 1.807) is 16.9 Å². The molecule has 0 aromatic carbocycles. The van der Waals surface area contributed by atoms with Crippen LogP contribution in [0.2, 0.25) is 0 Å². The SMILES string of the molecule is C[C@@H]1C[C@H]2[C@@H]3CCC4=Cc5c(cnn5-c5ccc(F)nc5)C[C@]4(C)[C@@]3(F)[C@@H](O)C[C@]2(C)[C@@]1(O)C(=O)S. The average molecular weight is 516 g/mol. The second-order valence-corrected chi connectivity index (χ2v) is 12.3. The normalized spacial score (nSPS) is 43.2. The monoisotopic (exact) mass is 515 g/mol. The first-order valence-corrected chi connectivity index (χ1v) is 13.0. The number of aliphatic hydroxyl groups excluding tert-OH is 1. The Kier molecular flexibility index (Phi) is 5.04. The van der Waals surface area contributed by atoms with Gasteiger partial charge in [0, 0.05) is 16.7 Å². The van der Waals surface area contributed by atoms with E-state index in [-0.39, 0.29) is 18.3 Å². The van der Waals surface area contributed by atoms with Crippen LogP contribution in [0.1, 0.15) is 57.7 Å². The topological polar surface area (TPSA) is 88.2 Å². The van der Waals surface area contributed by atoms with Gasteiger partial charge in [-0.1, -0.05) is 26.3 Å². The van der Waals surface area contributed by atoms with Gasteiger partial charge in [-0.25, -0.2) is 14.1 Å². The molecular formula is C27H31F2N3O3S. The van der Waals surface area contributed by atoms with Crippen LogP contribution >= 0.6 is 12.6 Å². The maximum atomic E-state index is 17.6. The number of carbonyl (C=O) groups excluding carboxylic acids is 1. The van der Waals surface area contributed by atoms with Gasteiger partial charge in [-0.05, 0) is 67.7 Å². The first-order chi connectivity index (χ1) is 16.9. The van der Waals surface area contributed by atoms with E-state index in [2.05, 4.69) is 22.7 Å². The molecule has 2 heterocycles. The molecule has 2 aromatic rings. The number of hydrogen-bond acceptors (Lipinski definition) is 5. The quantitative estimate of drug-likeness (QED) is 0.414. The predicted molar refractivity (Wildman–Crippen MR) is 133 cm³/mol. The number of hydrogen-bond donors (Lipinski definition) is 3. The van der Waals surface area contributed by atoms with Gasteiger partial charge in [0.05, 0.1) is 29.9 Å². The molecule has 0 bridgehead atoms. The van der Waals surface area contributed by atoms with Gasteiger partial charge < -0.3 is 10.2 Å². The van der Waals surface area contributed by atoms with Crippen molar-refractivity contribution in [2.75, 3.05) is 0 Å². The number of thiol groups is 1. The summed E-state index contributed by atoms with van der Waals surface area (Å²) in [5, 5.41) is 26.9. The lowest BCUT2D eigenvalue weighted by Gasteiger charge is -2.63. The first kappa shape index (κ1) is 24.2. The maximum absolute atomic E-state index is 17.6. The number of rotatable bonds is 2. The molecule has 0 unspecified atom stereocenters. The Labute approximate surface area is 214 Å². The summed E-state index contributed by atoms with van der Waals surface area (Å²) in [6.07, 6.45) is 5.77. The number of aromatic nitrogens is 3. The number of halogens is 2. The minimum atomic E-state index is -1.93. The minimum Gasteiger partial charge on any atom is -0.390 e. The summed E-state index contributed by atoms with van der Waals surface area (Å²) in [6, 6.07) is 2.88. The van der Waals surface area contributed by atoms with Gasteiger partial charge in [-0.15, -0.1) is 12.6 Å². The lowest BCUT2D eigenvalue weighted by Crippen LogP contribution is -2.69. The standard InChI is InChI=1S/C27H31F2N3O3S/c1-14-8-19-18-6-4-16-9-20-15(12-31-32(20)17-5-7-22(28)30-13-17)10-24(16,2)26(18,29)21(33)11-25(19,3)27(14,35)23(34)36/h5,7,9,12-14,18-19,21,33,35H,4,6,8,10-11H2,1-3H3,(H,34,36)/t14-,18+,19+,21+,24+,25+,26+,27+/m1/s1. The third-order valence-electron chi connectivity index (χ3n) is 10.4. The van der Waals surface area contributed by atoms with E-state index < -0.39 is 45.2 Å². The third kappa shape index (κ3) is 2.72. The van der Waals surface area contributed by atoms with Crippen LogP contribution in [0.4, 0.5) is 8.78 Å². The smallest absolute Gasteiger partial charge is 0.218 e. The second-order valence-electron chi connectivity index (χ2n) is 11.8. The zero-order valence-corrected chi connectivity index (χ0v) is 21.5. The van der Waals surface area contributed by atoms with Crippen LogP contribution in [-0.2, 0) is 11.2 Å². The molecule has 2 aromatic heterocycles. The Morgan fingerprint density at radius 1 is 1.25 bits per heavy atom. The zero-order valence-electron chi connectivity index (χ0n) is 20.6. The highest BCUT2D eigenvalue weighted by molar-refractivity contribution is 7.96. The van der Waals surface area contributed by atoms with Crippen molar-refractivity contribution in [1.82, 2.24) is 14.8 Å². The Balaban J connectivity index is 1.43. The number of pyridine rings is 1. The van der Waals surface area contributed by atoms with Gasteiger partial charge in [0.25, 0.3) is 0 Å². The van der Waals surface area contributed by atoms with E-state index in [1.807, 2.05) is 26.8 Å². The highest BCUT2D eigenvalue weighted by atomic mass is 32.1. The number of alkyl halides is 1. The Hall–Kier alpha value is -2.10. The molecule has 0 amide bonds. The van der Waals surface area contributed by atoms with Crippen LogP contribution in [0.3, 0.4) is 0 Å². The van der Waals surface area contributed by atoms with E-state index in [1.165, 1.54) is 12.3 Å². The van der Waals surface area contributed by atoms with Crippen molar-refractivity contribution in [3.8, 4) is 5.69 Å². The molecule has 3 fully saturated rings. The van der Waals surface area contributed by atoms with Crippen molar-refractivity contribution in [3.05, 3.63) is 47.3 Å². The molecule has 4 aliphatic carbocycles. The second kappa shape index (κ2) is 7.48. The van der Waals surface area contributed by atoms with Gasteiger partial charge in [0.1, 0.15) is 11.3 Å². The maximum Gasteiger partial charge on any atom is 0.218 e. The molecule has 9 heteroatoms. The molecule has 36 heavy (non-hydrogen) atoms. The molecular weight excluding hydrogens is 484 g/mol. The molecule has 4 aliphatic rings. The van der Waals surface area contributed by atoms with Gasteiger partial charge >= 0.3 is 0 Å². The van der Waals surface area contributed by atoms with Gasteiger partial charge in [0.2, 0.25) is 11.1 Å². The van der Waals surface area contributed by atoms with Crippen molar-refractivity contribution in [3.63, 3.8) is 0 Å². The van der Waals surface area contributed by atoms with E-state index in [4.69, 9.17) is 0 Å². The highest BCUT2D eigenvalue weighted by Gasteiger charge is 2.75. The molecule has 0 radical (unpaired) electrons. The van der Waals surface area contributed by atoms with E-state index >= 15 is 4.39 Å². The highest BCUT2D eigenvalue weighted by Crippen LogP contribution is 2.71. The minimum absolute atomic E-state index is 0.00591. The number of nitrogens with zero attached hydrogens (tertiary/aromatic N) is 3. The van der Waals surface area contributed by atoms with Gasteiger partial charge in [-0.3, -0.25) is 4.79 Å². The molecule has 0 aliphatic heterocycles. The zero-order chi connectivity index (χ0) is 25.8. The van der Waals surface area contributed by atoms with Crippen LogP contribution in [0.25, 0.3) is 11.8 Å². The average Bonchev–Trinajstić information content (AvgIpc) is 3.31. The lowest BCUT2D eigenvalue weighted by molar-refractivity contribution is -0.224. The lowest BCUT2D eigenvalue weighted by atomic mass is 9.44. The summed E-state index contributed by atoms with van der Waals surface area (Å²) in [7, 11) is 0. The summed E-state index contributed by atoms with van der Waals surface area (Å²) in [4.78, 5) is 16.3. The fraction of sp³-hybridized carbons (Fsp3) is 0.593. The first-order valence-electron chi connectivity index (χ1n) is 12.6. The van der Waals surface area contributed by atoms with Crippen LogP contribution in [0, 0.1) is 34.5 Å². The Bertz CT molecular complexity index is 1300. The van der Waals surface area contributed by atoms with Crippen LogP contribution in [0.5, 0.6) is 0 Å². The van der Waals surface area contributed by atoms with E-state index in [0.29, 0.717) is 31.4 Å². The number of aliphatic hydroxyl groups is 2. The summed E-state index contributed by atoms with van der Waals surface area (Å²) < 4.78 is 32.7. The van der Waals surface area contributed by atoms with Crippen LogP contribution < -0.4 is 0 Å². The van der Waals surface area contributed by atoms with Crippen molar-refractivity contribution in [1.29, 1.82) is 0 Å². The van der Waals surface area contributed by atoms with Crippen molar-refractivity contribution >= 4 is 23.8 Å². The third-order valence-corrected chi connectivity index (χ3v) is 10.8. The summed E-state index contributed by atoms with van der Waals surface area (Å²) in [6.45, 7) is 5.54. The molecule has 0 saturated heterocycles. The predicted octanol–water partition coefficient (Wildman–Crippen LogP) is 4.08. The fourth-order valence-electron chi connectivity index (χ4n) is 8.55. The molecule has 6 nitrogen and oxygen atoms in total. The Morgan fingerprint density at radius 2 is 2.00 bits per heavy atom. The van der Waals surface area contributed by atoms with Gasteiger partial charge in [-0.2, -0.15) is 9.49 Å². The van der Waals surface area contributed by atoms with Crippen molar-refractivity contribution in [2.24, 2.45) is 28.6 Å². The van der Waals surface area contributed by atoms with Crippen molar-refractivity contribution in [2.45, 2.75) is 70.2 Å². The van der Waals surface area contributed by atoms with Crippen LogP contribution in [-0.4, -0.2) is 47.5 Å². The van der Waals surface area contributed by atoms with Gasteiger partial charge in [0.15, 0.2) is 0 Å². The molecule has 192 valence electrons. The molecule has 0 spiro atoms. The van der Waals surface area contributed by atoms with Crippen LogP contribution in [0.15, 0.2) is 30.1 Å². The Morgan fingerprint density at radius 3 is 2.67 bits per heavy atom. The van der Waals surface area contributed by atoms with Crippen molar-refractivity contribution < 1.29 is 23.8 Å². The number of carbonyl (C=O) groups is 1. The molecule has 8 atom stereocenters. The molecule has 6 rings (SSSR count). The summed E-state index contributed by atoms with van der Waals surface area (Å²) in [5.74, 6) is -1.71. The summed E-state index contributed by atoms with van der Waals surface area (Å²) >= 11 is 4.03. The fourth-order valence-corrected chi connectivity index (χ4v) is 9.02. The number of fused-ring (bicyclic) bond motifs is 6. The summed E-state index contributed by atoms with van der Waals surface area (Å²) in [5.41, 5.74) is -2.35.